The highest BCUT2D eigenvalue weighted by Gasteiger charge is 2.13. The third kappa shape index (κ3) is 6.56. The fraction of sp³-hybridized carbons (Fsp3) is 0.381. The van der Waals surface area contributed by atoms with Crippen molar-refractivity contribution in [2.24, 2.45) is 15.8 Å². The molecule has 0 aliphatic carbocycles. The minimum Gasteiger partial charge on any atom is -0.492 e. The highest BCUT2D eigenvalue weighted by molar-refractivity contribution is 6.51. The van der Waals surface area contributed by atoms with Gasteiger partial charge in [-0.2, -0.15) is 0 Å². The van der Waals surface area contributed by atoms with Crippen molar-refractivity contribution in [2.75, 3.05) is 6.61 Å². The van der Waals surface area contributed by atoms with Crippen LogP contribution in [0, 0.1) is 5.92 Å². The molecular formula is C21H26N2O2Si. The van der Waals surface area contributed by atoms with Gasteiger partial charge in [-0.05, 0) is 29.7 Å². The van der Waals surface area contributed by atoms with Crippen LogP contribution in [0.15, 0.2) is 64.5 Å². The molecule has 136 valence electrons. The van der Waals surface area contributed by atoms with Crippen LogP contribution in [-0.4, -0.2) is 22.2 Å². The normalized spacial score (nSPS) is 12.2. The maximum absolute atomic E-state index is 12.4. The zero-order valence-corrected chi connectivity index (χ0v) is 16.5. The molecule has 0 aromatic heterocycles. The molecule has 0 saturated heterocycles. The molecule has 0 heterocycles. The molecule has 0 spiro atoms. The Hall–Kier alpha value is -2.27. The number of nitrogens with zero attached hydrogens (tertiary/aromatic N) is 2. The van der Waals surface area contributed by atoms with Crippen LogP contribution < -0.4 is 9.92 Å². The van der Waals surface area contributed by atoms with Crippen molar-refractivity contribution in [3.63, 3.8) is 0 Å². The predicted octanol–water partition coefficient (Wildman–Crippen LogP) is 4.82. The highest BCUT2D eigenvalue weighted by Crippen LogP contribution is 2.21. The monoisotopic (exact) mass is 366 g/mol. The average molecular weight is 367 g/mol. The molecule has 26 heavy (non-hydrogen) atoms. The molecule has 2 rings (SSSR count). The van der Waals surface area contributed by atoms with Gasteiger partial charge in [0, 0.05) is 0 Å². The number of unbranched alkanes of at least 4 members (excludes halogenated alkanes) is 1. The van der Waals surface area contributed by atoms with E-state index in [9.17, 15) is 4.79 Å². The lowest BCUT2D eigenvalue weighted by molar-refractivity contribution is 0.0990. The van der Waals surface area contributed by atoms with Gasteiger partial charge in [0.1, 0.15) is 5.75 Å². The quantitative estimate of drug-likeness (QED) is 0.447. The van der Waals surface area contributed by atoms with Gasteiger partial charge in [-0.3, -0.25) is 4.79 Å². The molecule has 1 amide bonds. The van der Waals surface area contributed by atoms with Crippen molar-refractivity contribution in [1.29, 1.82) is 0 Å². The summed E-state index contributed by atoms with van der Waals surface area (Å²) in [6.45, 7) is 5.01. The molecule has 0 bridgehead atoms. The molecule has 2 radical (unpaired) electrons. The van der Waals surface area contributed by atoms with Crippen LogP contribution in [0.1, 0.15) is 49.9 Å². The summed E-state index contributed by atoms with van der Waals surface area (Å²) in [5, 5.41) is 4.92. The number of hydrogen-bond acceptors (Lipinski definition) is 3. The summed E-state index contributed by atoms with van der Waals surface area (Å²) in [4.78, 5) is 12.4. The Morgan fingerprint density at radius 2 is 1.81 bits per heavy atom. The van der Waals surface area contributed by atoms with Gasteiger partial charge in [-0.25, -0.2) is 4.78 Å². The van der Waals surface area contributed by atoms with Gasteiger partial charge in [-0.15, -0.1) is 5.11 Å². The van der Waals surface area contributed by atoms with Crippen LogP contribution in [-0.2, 0) is 0 Å². The molecule has 0 saturated carbocycles. The second-order valence-corrected chi connectivity index (χ2v) is 7.21. The van der Waals surface area contributed by atoms with Gasteiger partial charge in [0.25, 0.3) is 15.6 Å². The molecule has 1 unspecified atom stereocenters. The second-order valence-electron chi connectivity index (χ2n) is 6.21. The van der Waals surface area contributed by atoms with Gasteiger partial charge < -0.3 is 4.74 Å². The van der Waals surface area contributed by atoms with Gasteiger partial charge in [0.15, 0.2) is 0 Å². The smallest absolute Gasteiger partial charge is 0.297 e. The summed E-state index contributed by atoms with van der Waals surface area (Å²) < 4.78 is 10.0. The number of benzene rings is 2. The Kier molecular flexibility index (Phi) is 8.76. The molecule has 4 nitrogen and oxygen atoms in total. The Labute approximate surface area is 158 Å². The zero-order valence-electron chi connectivity index (χ0n) is 15.5. The summed E-state index contributed by atoms with van der Waals surface area (Å²) in [5.41, 5.74) is 0.472. The largest absolute Gasteiger partial charge is 0.492 e. The third-order valence-electron chi connectivity index (χ3n) is 4.23. The fourth-order valence-corrected chi connectivity index (χ4v) is 3.17. The van der Waals surface area contributed by atoms with E-state index in [1.807, 2.05) is 48.5 Å². The third-order valence-corrected chi connectivity index (χ3v) is 5.02. The first-order chi connectivity index (χ1) is 12.7. The van der Waals surface area contributed by atoms with E-state index in [1.165, 1.54) is 12.8 Å². The summed E-state index contributed by atoms with van der Waals surface area (Å²) in [7, 11) is 0.132. The molecule has 0 aliphatic heterocycles. The van der Waals surface area contributed by atoms with E-state index in [4.69, 9.17) is 4.74 Å². The van der Waals surface area contributed by atoms with Crippen molar-refractivity contribution in [3.05, 3.63) is 60.2 Å². The van der Waals surface area contributed by atoms with Crippen LogP contribution in [0.2, 0.25) is 0 Å². The molecular weight excluding hydrogens is 340 g/mol. The molecule has 5 heteroatoms. The summed E-state index contributed by atoms with van der Waals surface area (Å²) in [6, 6.07) is 17.1. The zero-order chi connectivity index (χ0) is 18.6. The van der Waals surface area contributed by atoms with Crippen LogP contribution in [0.5, 0.6) is 5.75 Å². The van der Waals surface area contributed by atoms with Crippen molar-refractivity contribution in [2.45, 2.75) is 39.5 Å². The second kappa shape index (κ2) is 11.4. The van der Waals surface area contributed by atoms with Crippen molar-refractivity contribution in [1.82, 2.24) is 0 Å². The minimum absolute atomic E-state index is 0.132. The first-order valence-corrected chi connectivity index (χ1v) is 10.2. The minimum atomic E-state index is -0.356. The Bertz CT molecular complexity index is 704. The highest BCUT2D eigenvalue weighted by atomic mass is 28.2. The predicted molar refractivity (Wildman–Crippen MR) is 106 cm³/mol. The van der Waals surface area contributed by atoms with E-state index in [-0.39, 0.29) is 15.6 Å². The number of carbonyl (C=O) groups is 1. The standard InChI is InChI=1S/C21H26N2O2Si/c1-3-5-11-17(4-2)16-25-20-15-10-9-14-19(20)21(24)22-23-26-18-12-7-6-8-13-18/h6-10,12-15,17H,3-5,11,16H2,1-2H3. The topological polar surface area (TPSA) is 51.0 Å². The van der Waals surface area contributed by atoms with Crippen molar-refractivity contribution < 1.29 is 9.53 Å². The molecule has 0 fully saturated rings. The average Bonchev–Trinajstić information content (AvgIpc) is 2.69. The molecule has 2 aromatic carbocycles. The Morgan fingerprint density at radius 1 is 1.08 bits per heavy atom. The van der Waals surface area contributed by atoms with Crippen LogP contribution >= 0.6 is 0 Å². The van der Waals surface area contributed by atoms with Crippen LogP contribution in [0.3, 0.4) is 0 Å². The Balaban J connectivity index is 1.97. The Morgan fingerprint density at radius 3 is 2.54 bits per heavy atom. The number of carbonyl (C=O) groups excluding carboxylic acids is 1. The van der Waals surface area contributed by atoms with Gasteiger partial charge in [-0.1, -0.05) is 75.6 Å². The van der Waals surface area contributed by atoms with Gasteiger partial charge in [0.2, 0.25) is 0 Å². The summed E-state index contributed by atoms with van der Waals surface area (Å²) >= 11 is 0. The lowest BCUT2D eigenvalue weighted by atomic mass is 10.0. The van der Waals surface area contributed by atoms with E-state index in [0.29, 0.717) is 23.8 Å². The SMILES string of the molecule is CCCCC(CC)COc1ccccc1C(=O)N=N[Si]c1ccccc1. The summed E-state index contributed by atoms with van der Waals surface area (Å²) in [5.74, 6) is 0.749. The number of hydrogen-bond donors (Lipinski definition) is 0. The number of amides is 1. The number of ether oxygens (including phenoxy) is 1. The van der Waals surface area contributed by atoms with Gasteiger partial charge >= 0.3 is 0 Å². The van der Waals surface area contributed by atoms with E-state index in [1.54, 1.807) is 6.07 Å². The first kappa shape index (κ1) is 20.0. The van der Waals surface area contributed by atoms with Crippen LogP contribution in [0.25, 0.3) is 0 Å². The molecule has 0 N–H and O–H groups in total. The number of rotatable bonds is 10. The van der Waals surface area contributed by atoms with Crippen molar-refractivity contribution >= 4 is 20.8 Å². The van der Waals surface area contributed by atoms with E-state index < -0.39 is 0 Å². The molecule has 2 aromatic rings. The van der Waals surface area contributed by atoms with E-state index >= 15 is 0 Å². The van der Waals surface area contributed by atoms with Crippen molar-refractivity contribution in [3.8, 4) is 5.75 Å². The molecule has 0 aliphatic rings. The van der Waals surface area contributed by atoms with E-state index in [0.717, 1.165) is 18.0 Å². The number of para-hydroxylation sites is 1. The maximum atomic E-state index is 12.4. The van der Waals surface area contributed by atoms with E-state index in [2.05, 4.69) is 23.7 Å². The van der Waals surface area contributed by atoms with Gasteiger partial charge in [0.05, 0.1) is 12.2 Å². The molecule has 1 atom stereocenters. The van der Waals surface area contributed by atoms with Crippen LogP contribution in [0.4, 0.5) is 0 Å². The summed E-state index contributed by atoms with van der Waals surface area (Å²) in [6.07, 6.45) is 4.63. The lowest BCUT2D eigenvalue weighted by Gasteiger charge is -2.16. The lowest BCUT2D eigenvalue weighted by Crippen LogP contribution is -2.13. The maximum Gasteiger partial charge on any atom is 0.297 e. The first-order valence-electron chi connectivity index (χ1n) is 9.22. The fourth-order valence-electron chi connectivity index (χ4n) is 2.57.